The van der Waals surface area contributed by atoms with E-state index in [2.05, 4.69) is 0 Å². The van der Waals surface area contributed by atoms with Crippen molar-refractivity contribution in [3.05, 3.63) is 0 Å². The Morgan fingerprint density at radius 2 is 2.08 bits per heavy atom. The normalized spacial score (nSPS) is 39.5. The topological polar surface area (TPSA) is 80.0 Å². The van der Waals surface area contributed by atoms with Crippen molar-refractivity contribution in [2.24, 2.45) is 5.73 Å². The zero-order chi connectivity index (χ0) is 9.26. The summed E-state index contributed by atoms with van der Waals surface area (Å²) in [7, 11) is 0. The first kappa shape index (κ1) is 8.89. The molecule has 0 bridgehead atoms. The van der Waals surface area contributed by atoms with Gasteiger partial charge in [0.1, 0.15) is 25.8 Å². The van der Waals surface area contributed by atoms with Crippen molar-refractivity contribution in [3.63, 3.8) is 0 Å². The summed E-state index contributed by atoms with van der Waals surface area (Å²) >= 11 is 0. The summed E-state index contributed by atoms with van der Waals surface area (Å²) < 4.78 is 20.4. The first-order valence-corrected chi connectivity index (χ1v) is 4.01. The Balaban J connectivity index is 2.06. The molecule has 1 amide bonds. The third-order valence-corrected chi connectivity index (χ3v) is 2.10. The van der Waals surface area contributed by atoms with Crippen molar-refractivity contribution < 1.29 is 23.7 Å². The van der Waals surface area contributed by atoms with E-state index in [1.165, 1.54) is 0 Å². The smallest absolute Gasteiger partial charge is 0.249 e. The Labute approximate surface area is 74.9 Å². The number of nitrogens with two attached hydrogens (primary N) is 1. The predicted molar refractivity (Wildman–Crippen MR) is 39.5 cm³/mol. The summed E-state index contributed by atoms with van der Waals surface area (Å²) in [5.74, 6) is -0.528. The van der Waals surface area contributed by atoms with Crippen molar-refractivity contribution >= 4 is 5.91 Å². The largest absolute Gasteiger partial charge is 0.367 e. The van der Waals surface area contributed by atoms with Crippen molar-refractivity contribution in [2.45, 2.75) is 18.3 Å². The summed E-state index contributed by atoms with van der Waals surface area (Å²) in [5.41, 5.74) is 5.13. The number of fused-ring (bicyclic) bond motifs is 1. The minimum absolute atomic E-state index is 0.0570. The van der Waals surface area contributed by atoms with Crippen molar-refractivity contribution in [1.29, 1.82) is 0 Å². The molecule has 0 aromatic carbocycles. The van der Waals surface area contributed by atoms with Crippen LogP contribution in [0.5, 0.6) is 0 Å². The first-order valence-electron chi connectivity index (χ1n) is 4.01. The lowest BCUT2D eigenvalue weighted by Gasteiger charge is -2.38. The highest BCUT2D eigenvalue weighted by atomic mass is 16.7. The van der Waals surface area contributed by atoms with E-state index in [1.807, 2.05) is 0 Å². The maximum absolute atomic E-state index is 10.9. The average molecular weight is 189 g/mol. The van der Waals surface area contributed by atoms with Gasteiger partial charge in [-0.25, -0.2) is 0 Å². The van der Waals surface area contributed by atoms with Crippen LogP contribution in [0.2, 0.25) is 0 Å². The zero-order valence-electron chi connectivity index (χ0n) is 6.97. The van der Waals surface area contributed by atoms with Crippen LogP contribution in [0, 0.1) is 0 Å². The third kappa shape index (κ3) is 1.66. The molecule has 2 aliphatic rings. The molecule has 3 unspecified atom stereocenters. The second-order valence-corrected chi connectivity index (χ2v) is 2.93. The molecule has 6 heteroatoms. The van der Waals surface area contributed by atoms with E-state index >= 15 is 0 Å². The van der Waals surface area contributed by atoms with Gasteiger partial charge in [0, 0.05) is 0 Å². The van der Waals surface area contributed by atoms with E-state index in [0.29, 0.717) is 6.61 Å². The second-order valence-electron chi connectivity index (χ2n) is 2.93. The molecule has 2 fully saturated rings. The Morgan fingerprint density at radius 3 is 2.85 bits per heavy atom. The average Bonchev–Trinajstić information content (AvgIpc) is 2.17. The molecule has 2 N–H and O–H groups in total. The molecule has 0 aromatic rings. The number of rotatable bonds is 1. The highest BCUT2D eigenvalue weighted by Crippen LogP contribution is 2.21. The fourth-order valence-electron chi connectivity index (χ4n) is 1.46. The second kappa shape index (κ2) is 3.59. The van der Waals surface area contributed by atoms with E-state index in [-0.39, 0.29) is 19.7 Å². The van der Waals surface area contributed by atoms with Gasteiger partial charge in [0.2, 0.25) is 5.91 Å². The summed E-state index contributed by atoms with van der Waals surface area (Å²) in [6.45, 7) is 0.622. The molecule has 0 saturated carbocycles. The van der Waals surface area contributed by atoms with Gasteiger partial charge < -0.3 is 24.7 Å². The third-order valence-electron chi connectivity index (χ3n) is 2.10. The first-order chi connectivity index (χ1) is 6.29. The molecule has 0 aliphatic carbocycles. The summed E-state index contributed by atoms with van der Waals surface area (Å²) in [4.78, 5) is 10.9. The van der Waals surface area contributed by atoms with Crippen molar-refractivity contribution in [2.75, 3.05) is 20.2 Å². The van der Waals surface area contributed by atoms with Crippen molar-refractivity contribution in [3.8, 4) is 0 Å². The number of hydrogen-bond acceptors (Lipinski definition) is 5. The van der Waals surface area contributed by atoms with Gasteiger partial charge in [-0.1, -0.05) is 0 Å². The Morgan fingerprint density at radius 1 is 1.23 bits per heavy atom. The van der Waals surface area contributed by atoms with Crippen LogP contribution in [0.4, 0.5) is 0 Å². The highest BCUT2D eigenvalue weighted by molar-refractivity contribution is 5.79. The summed E-state index contributed by atoms with van der Waals surface area (Å²) in [5, 5.41) is 0. The van der Waals surface area contributed by atoms with Gasteiger partial charge in [-0.15, -0.1) is 0 Å². The van der Waals surface area contributed by atoms with Crippen LogP contribution in [0.1, 0.15) is 0 Å². The standard InChI is InChI=1S/C7H11NO5/c8-7(9)6-5-4(11-3-13-6)1-10-2-12-5/h4-6H,1-3H2,(H2,8,9). The monoisotopic (exact) mass is 189 g/mol. The minimum Gasteiger partial charge on any atom is -0.367 e. The number of hydrogen-bond donors (Lipinski definition) is 1. The van der Waals surface area contributed by atoms with E-state index in [0.717, 1.165) is 0 Å². The predicted octanol–water partition coefficient (Wildman–Crippen LogP) is -1.41. The number of primary amides is 1. The van der Waals surface area contributed by atoms with Crippen LogP contribution in [0.3, 0.4) is 0 Å². The van der Waals surface area contributed by atoms with E-state index in [9.17, 15) is 4.79 Å². The van der Waals surface area contributed by atoms with Crippen LogP contribution in [-0.4, -0.2) is 44.4 Å². The van der Waals surface area contributed by atoms with Crippen LogP contribution in [0.15, 0.2) is 0 Å². The lowest BCUT2D eigenvalue weighted by Crippen LogP contribution is -2.57. The molecule has 6 nitrogen and oxygen atoms in total. The molecule has 0 aromatic heterocycles. The molecule has 3 atom stereocenters. The van der Waals surface area contributed by atoms with E-state index < -0.39 is 18.1 Å². The SMILES string of the molecule is NC(=O)C1OCOC2COCOC21. The molecule has 13 heavy (non-hydrogen) atoms. The van der Waals surface area contributed by atoms with E-state index in [1.54, 1.807) is 0 Å². The summed E-state index contributed by atoms with van der Waals surface area (Å²) in [6.07, 6.45) is -1.40. The minimum atomic E-state index is -0.720. The van der Waals surface area contributed by atoms with Crippen LogP contribution >= 0.6 is 0 Å². The molecule has 2 heterocycles. The molecule has 74 valence electrons. The molecule has 2 aliphatic heterocycles. The van der Waals surface area contributed by atoms with E-state index in [4.69, 9.17) is 24.7 Å². The van der Waals surface area contributed by atoms with Gasteiger partial charge in [0.25, 0.3) is 0 Å². The quantitative estimate of drug-likeness (QED) is 0.548. The lowest BCUT2D eigenvalue weighted by atomic mass is 10.1. The van der Waals surface area contributed by atoms with Gasteiger partial charge in [-0.3, -0.25) is 4.79 Å². The molecular weight excluding hydrogens is 178 g/mol. The van der Waals surface area contributed by atoms with Crippen LogP contribution < -0.4 is 5.73 Å². The van der Waals surface area contributed by atoms with Crippen LogP contribution in [-0.2, 0) is 23.7 Å². The van der Waals surface area contributed by atoms with Gasteiger partial charge >= 0.3 is 0 Å². The molecular formula is C7H11NO5. The number of amides is 1. The Kier molecular flexibility index (Phi) is 2.45. The number of ether oxygens (including phenoxy) is 4. The van der Waals surface area contributed by atoms with Gasteiger partial charge in [0.15, 0.2) is 6.10 Å². The number of carbonyl (C=O) groups is 1. The molecule has 2 saturated heterocycles. The zero-order valence-corrected chi connectivity index (χ0v) is 6.97. The molecule has 0 radical (unpaired) electrons. The molecule has 2 rings (SSSR count). The van der Waals surface area contributed by atoms with Crippen LogP contribution in [0.25, 0.3) is 0 Å². The Bertz CT molecular complexity index is 207. The van der Waals surface area contributed by atoms with Gasteiger partial charge in [0.05, 0.1) is 6.61 Å². The number of carbonyl (C=O) groups excluding carboxylic acids is 1. The lowest BCUT2D eigenvalue weighted by molar-refractivity contribution is -0.294. The molecule has 0 spiro atoms. The maximum Gasteiger partial charge on any atom is 0.249 e. The fraction of sp³-hybridized carbons (Fsp3) is 0.857. The summed E-state index contributed by atoms with van der Waals surface area (Å²) in [6, 6.07) is 0. The Hall–Kier alpha value is -0.690. The maximum atomic E-state index is 10.9. The van der Waals surface area contributed by atoms with Crippen molar-refractivity contribution in [1.82, 2.24) is 0 Å². The fourth-order valence-corrected chi connectivity index (χ4v) is 1.46. The highest BCUT2D eigenvalue weighted by Gasteiger charge is 2.41. The van der Waals surface area contributed by atoms with Gasteiger partial charge in [-0.2, -0.15) is 0 Å². The van der Waals surface area contributed by atoms with Gasteiger partial charge in [-0.05, 0) is 0 Å².